The van der Waals surface area contributed by atoms with Crippen LogP contribution >= 0.6 is 0 Å². The Morgan fingerprint density at radius 2 is 1.86 bits per heavy atom. The minimum Gasteiger partial charge on any atom is -0.321 e. The zero-order valence-electron chi connectivity index (χ0n) is 8.11. The summed E-state index contributed by atoms with van der Waals surface area (Å²) in [4.78, 5) is 27.0. The highest BCUT2D eigenvalue weighted by Crippen LogP contribution is 2.34. The molecule has 0 aromatic carbocycles. The summed E-state index contributed by atoms with van der Waals surface area (Å²) in [5, 5.41) is 0. The standard InChI is InChI=1S/C10H14N2O2/c13-9-6-8-2-1-5-11(8)10(14)12(9)7-3-4-7/h7-8H,1-6H2. The molecule has 3 amide bonds. The van der Waals surface area contributed by atoms with E-state index in [1.54, 1.807) is 0 Å². The third-order valence-corrected chi connectivity index (χ3v) is 3.42. The van der Waals surface area contributed by atoms with E-state index >= 15 is 0 Å². The van der Waals surface area contributed by atoms with Gasteiger partial charge in [0, 0.05) is 25.0 Å². The maximum absolute atomic E-state index is 11.9. The van der Waals surface area contributed by atoms with Gasteiger partial charge in [-0.05, 0) is 25.7 Å². The molecule has 0 N–H and O–H groups in total. The van der Waals surface area contributed by atoms with E-state index < -0.39 is 0 Å². The molecule has 1 unspecified atom stereocenters. The summed E-state index contributed by atoms with van der Waals surface area (Å²) in [7, 11) is 0. The number of nitrogens with zero attached hydrogens (tertiary/aromatic N) is 2. The van der Waals surface area contributed by atoms with Crippen molar-refractivity contribution in [3.8, 4) is 0 Å². The van der Waals surface area contributed by atoms with E-state index in [1.807, 2.05) is 4.90 Å². The van der Waals surface area contributed by atoms with Crippen LogP contribution in [-0.4, -0.2) is 40.4 Å². The second kappa shape index (κ2) is 2.72. The first-order valence-electron chi connectivity index (χ1n) is 5.40. The molecular formula is C10H14N2O2. The zero-order chi connectivity index (χ0) is 9.71. The maximum Gasteiger partial charge on any atom is 0.327 e. The second-order valence-corrected chi connectivity index (χ2v) is 4.47. The van der Waals surface area contributed by atoms with Gasteiger partial charge in [-0.25, -0.2) is 4.79 Å². The Kier molecular flexibility index (Phi) is 1.60. The van der Waals surface area contributed by atoms with Crippen molar-refractivity contribution >= 4 is 11.9 Å². The topological polar surface area (TPSA) is 40.6 Å². The Morgan fingerprint density at radius 1 is 1.07 bits per heavy atom. The third kappa shape index (κ3) is 1.06. The van der Waals surface area contributed by atoms with Crippen LogP contribution in [-0.2, 0) is 4.79 Å². The lowest BCUT2D eigenvalue weighted by atomic mass is 10.1. The van der Waals surface area contributed by atoms with E-state index in [4.69, 9.17) is 0 Å². The van der Waals surface area contributed by atoms with Crippen molar-refractivity contribution in [2.75, 3.05) is 6.54 Å². The summed E-state index contributed by atoms with van der Waals surface area (Å²) in [5.74, 6) is 0.0562. The van der Waals surface area contributed by atoms with Crippen molar-refractivity contribution in [3.63, 3.8) is 0 Å². The first kappa shape index (κ1) is 8.26. The van der Waals surface area contributed by atoms with Gasteiger partial charge in [-0.15, -0.1) is 0 Å². The van der Waals surface area contributed by atoms with Gasteiger partial charge in [0.1, 0.15) is 0 Å². The fraction of sp³-hybridized carbons (Fsp3) is 0.800. The molecule has 0 aromatic heterocycles. The Labute approximate surface area is 82.8 Å². The quantitative estimate of drug-likeness (QED) is 0.624. The van der Waals surface area contributed by atoms with Crippen LogP contribution in [0.25, 0.3) is 0 Å². The van der Waals surface area contributed by atoms with Gasteiger partial charge in [0.25, 0.3) is 0 Å². The molecule has 14 heavy (non-hydrogen) atoms. The highest BCUT2D eigenvalue weighted by molar-refractivity contribution is 5.98. The molecule has 0 bridgehead atoms. The monoisotopic (exact) mass is 194 g/mol. The molecule has 3 aliphatic rings. The van der Waals surface area contributed by atoms with Crippen molar-refractivity contribution in [1.82, 2.24) is 9.80 Å². The number of hydrogen-bond acceptors (Lipinski definition) is 2. The van der Waals surface area contributed by atoms with Gasteiger partial charge >= 0.3 is 6.03 Å². The number of imide groups is 1. The highest BCUT2D eigenvalue weighted by Gasteiger charge is 2.46. The molecule has 2 aliphatic heterocycles. The number of carbonyl (C=O) groups excluding carboxylic acids is 2. The zero-order valence-corrected chi connectivity index (χ0v) is 8.11. The molecular weight excluding hydrogens is 180 g/mol. The van der Waals surface area contributed by atoms with Crippen LogP contribution in [0.5, 0.6) is 0 Å². The van der Waals surface area contributed by atoms with E-state index in [0.29, 0.717) is 6.42 Å². The van der Waals surface area contributed by atoms with Crippen molar-refractivity contribution in [1.29, 1.82) is 0 Å². The molecule has 2 saturated heterocycles. The number of urea groups is 1. The number of rotatable bonds is 1. The lowest BCUT2D eigenvalue weighted by Gasteiger charge is -2.36. The molecule has 0 spiro atoms. The maximum atomic E-state index is 11.9. The summed E-state index contributed by atoms with van der Waals surface area (Å²) in [5.41, 5.74) is 0. The molecule has 4 nitrogen and oxygen atoms in total. The van der Waals surface area contributed by atoms with Crippen LogP contribution in [0.15, 0.2) is 0 Å². The molecule has 0 radical (unpaired) electrons. The number of amides is 3. The normalized spacial score (nSPS) is 32.4. The summed E-state index contributed by atoms with van der Waals surface area (Å²) in [6.07, 6.45) is 4.65. The largest absolute Gasteiger partial charge is 0.327 e. The second-order valence-electron chi connectivity index (χ2n) is 4.47. The van der Waals surface area contributed by atoms with Gasteiger partial charge < -0.3 is 4.90 Å². The Hall–Kier alpha value is -1.06. The summed E-state index contributed by atoms with van der Waals surface area (Å²) in [6.45, 7) is 0.847. The van der Waals surface area contributed by atoms with Crippen molar-refractivity contribution < 1.29 is 9.59 Å². The van der Waals surface area contributed by atoms with Gasteiger partial charge in [0.15, 0.2) is 0 Å². The van der Waals surface area contributed by atoms with Gasteiger partial charge in [-0.2, -0.15) is 0 Å². The van der Waals surface area contributed by atoms with Crippen molar-refractivity contribution in [3.05, 3.63) is 0 Å². The molecule has 2 heterocycles. The molecule has 76 valence electrons. The predicted molar refractivity (Wildman–Crippen MR) is 49.6 cm³/mol. The lowest BCUT2D eigenvalue weighted by Crippen LogP contribution is -2.55. The minimum atomic E-state index is -0.0220. The number of fused-ring (bicyclic) bond motifs is 1. The Morgan fingerprint density at radius 3 is 2.57 bits per heavy atom. The van der Waals surface area contributed by atoms with E-state index in [9.17, 15) is 9.59 Å². The van der Waals surface area contributed by atoms with Crippen LogP contribution < -0.4 is 0 Å². The number of hydrogen-bond donors (Lipinski definition) is 0. The predicted octanol–water partition coefficient (Wildman–Crippen LogP) is 0.966. The minimum absolute atomic E-state index is 0.0220. The Bertz CT molecular complexity index is 298. The highest BCUT2D eigenvalue weighted by atomic mass is 16.2. The lowest BCUT2D eigenvalue weighted by molar-refractivity contribution is -0.132. The summed E-state index contributed by atoms with van der Waals surface area (Å²) >= 11 is 0. The van der Waals surface area contributed by atoms with Crippen LogP contribution in [0.3, 0.4) is 0 Å². The van der Waals surface area contributed by atoms with Gasteiger partial charge in [0.05, 0.1) is 0 Å². The fourth-order valence-corrected chi connectivity index (χ4v) is 2.54. The van der Waals surface area contributed by atoms with E-state index in [-0.39, 0.29) is 24.0 Å². The molecule has 0 aromatic rings. The number of carbonyl (C=O) groups is 2. The van der Waals surface area contributed by atoms with Crippen LogP contribution in [0.1, 0.15) is 32.1 Å². The average Bonchev–Trinajstić information content (AvgIpc) is 2.84. The SMILES string of the molecule is O=C1CC2CCCN2C(=O)N1C1CC1. The summed E-state index contributed by atoms with van der Waals surface area (Å²) in [6, 6.07) is 0.424. The fourth-order valence-electron chi connectivity index (χ4n) is 2.54. The molecule has 4 heteroatoms. The van der Waals surface area contributed by atoms with Crippen LogP contribution in [0.2, 0.25) is 0 Å². The first-order valence-corrected chi connectivity index (χ1v) is 5.40. The van der Waals surface area contributed by atoms with Crippen LogP contribution in [0, 0.1) is 0 Å². The third-order valence-electron chi connectivity index (χ3n) is 3.42. The van der Waals surface area contributed by atoms with E-state index in [1.165, 1.54) is 4.90 Å². The molecule has 1 saturated carbocycles. The molecule has 1 atom stereocenters. The van der Waals surface area contributed by atoms with E-state index in [0.717, 1.165) is 32.2 Å². The van der Waals surface area contributed by atoms with Crippen LogP contribution in [0.4, 0.5) is 4.79 Å². The average molecular weight is 194 g/mol. The van der Waals surface area contributed by atoms with E-state index in [2.05, 4.69) is 0 Å². The van der Waals surface area contributed by atoms with Gasteiger partial charge in [-0.1, -0.05) is 0 Å². The Balaban J connectivity index is 1.86. The van der Waals surface area contributed by atoms with Crippen molar-refractivity contribution in [2.24, 2.45) is 0 Å². The van der Waals surface area contributed by atoms with Gasteiger partial charge in [-0.3, -0.25) is 9.69 Å². The first-order chi connectivity index (χ1) is 6.77. The van der Waals surface area contributed by atoms with Crippen molar-refractivity contribution in [2.45, 2.75) is 44.2 Å². The van der Waals surface area contributed by atoms with Gasteiger partial charge in [0.2, 0.25) is 5.91 Å². The molecule has 3 fully saturated rings. The smallest absolute Gasteiger partial charge is 0.321 e. The molecule has 1 aliphatic carbocycles. The molecule has 3 rings (SSSR count). The summed E-state index contributed by atoms with van der Waals surface area (Å²) < 4.78 is 0.